The normalized spacial score (nSPS) is 39.3. The fourth-order valence-corrected chi connectivity index (χ4v) is 7.66. The minimum Gasteiger partial charge on any atom is -0.458 e. The van der Waals surface area contributed by atoms with Gasteiger partial charge in [0, 0.05) is 30.8 Å². The molecule has 182 valence electrons. The average molecular weight is 459 g/mol. The molecular formula is C27H38O6. The average Bonchev–Trinajstić information content (AvgIpc) is 3.13. The fraction of sp³-hybridized carbons (Fsp3) is 0.741. The van der Waals surface area contributed by atoms with Gasteiger partial charge in [-0.2, -0.15) is 0 Å². The van der Waals surface area contributed by atoms with Crippen molar-refractivity contribution in [1.29, 1.82) is 0 Å². The van der Waals surface area contributed by atoms with E-state index in [4.69, 9.17) is 14.2 Å². The van der Waals surface area contributed by atoms with E-state index >= 15 is 0 Å². The molecular weight excluding hydrogens is 420 g/mol. The van der Waals surface area contributed by atoms with Crippen LogP contribution in [0.4, 0.5) is 0 Å². The van der Waals surface area contributed by atoms with Crippen molar-refractivity contribution >= 4 is 17.5 Å². The van der Waals surface area contributed by atoms with Gasteiger partial charge in [0.05, 0.1) is 6.10 Å². The summed E-state index contributed by atoms with van der Waals surface area (Å²) < 4.78 is 16.9. The number of fused-ring (bicyclic) bond motifs is 5. The largest absolute Gasteiger partial charge is 0.458 e. The summed E-state index contributed by atoms with van der Waals surface area (Å²) in [7, 11) is 1.63. The fourth-order valence-electron chi connectivity index (χ4n) is 7.66. The Morgan fingerprint density at radius 2 is 1.97 bits per heavy atom. The van der Waals surface area contributed by atoms with Gasteiger partial charge in [0.2, 0.25) is 0 Å². The van der Waals surface area contributed by atoms with Gasteiger partial charge in [-0.15, -0.1) is 0 Å². The van der Waals surface area contributed by atoms with Crippen molar-refractivity contribution in [3.63, 3.8) is 0 Å². The zero-order valence-corrected chi connectivity index (χ0v) is 20.4. The lowest BCUT2D eigenvalue weighted by molar-refractivity contribution is -0.178. The molecule has 6 heteroatoms. The molecule has 6 nitrogen and oxygen atoms in total. The van der Waals surface area contributed by atoms with E-state index in [0.717, 1.165) is 32.1 Å². The number of esters is 1. The highest BCUT2D eigenvalue weighted by Crippen LogP contribution is 2.66. The third-order valence-electron chi connectivity index (χ3n) is 9.09. The van der Waals surface area contributed by atoms with Crippen LogP contribution in [0.25, 0.3) is 0 Å². The summed E-state index contributed by atoms with van der Waals surface area (Å²) in [5.74, 6) is 0.750. The van der Waals surface area contributed by atoms with Crippen LogP contribution in [0.15, 0.2) is 23.8 Å². The van der Waals surface area contributed by atoms with Crippen molar-refractivity contribution in [3.8, 4) is 0 Å². The summed E-state index contributed by atoms with van der Waals surface area (Å²) in [6.07, 6.45) is 11.1. The van der Waals surface area contributed by atoms with Crippen molar-refractivity contribution in [1.82, 2.24) is 0 Å². The lowest BCUT2D eigenvalue weighted by Crippen LogP contribution is -2.57. The van der Waals surface area contributed by atoms with Crippen LogP contribution >= 0.6 is 0 Å². The molecule has 4 rings (SSSR count). The van der Waals surface area contributed by atoms with Gasteiger partial charge >= 0.3 is 5.97 Å². The van der Waals surface area contributed by atoms with Gasteiger partial charge in [-0.05, 0) is 67.9 Å². The first-order chi connectivity index (χ1) is 15.7. The number of ether oxygens (including phenoxy) is 3. The van der Waals surface area contributed by atoms with Crippen molar-refractivity contribution in [2.45, 2.75) is 71.8 Å². The molecule has 0 saturated heterocycles. The second-order valence-corrected chi connectivity index (χ2v) is 10.9. The minimum atomic E-state index is -0.297. The quantitative estimate of drug-likeness (QED) is 0.396. The summed E-state index contributed by atoms with van der Waals surface area (Å²) in [5, 5.41) is 0. The zero-order valence-electron chi connectivity index (χ0n) is 20.4. The van der Waals surface area contributed by atoms with Gasteiger partial charge < -0.3 is 14.2 Å². The molecule has 3 saturated carbocycles. The SMILES string of the molecule is CCCC(=O)OCC(=O)[C@H]1CC[C@H]2[C@@H]3CCC4=CC(=O)C=C[C@]4(C)[C@H]3[C@@H](OCOC)C[C@]12C. The summed E-state index contributed by atoms with van der Waals surface area (Å²) >= 11 is 0. The van der Waals surface area contributed by atoms with Crippen molar-refractivity contribution in [2.75, 3.05) is 20.5 Å². The number of methoxy groups -OCH3 is 1. The van der Waals surface area contributed by atoms with Crippen LogP contribution in [0.5, 0.6) is 0 Å². The maximum absolute atomic E-state index is 13.2. The first kappa shape index (κ1) is 24.3. The van der Waals surface area contributed by atoms with Crippen molar-refractivity contribution in [3.05, 3.63) is 23.8 Å². The number of Topliss-reactive ketones (excluding diaryl/α,β-unsaturated/α-hetero) is 1. The van der Waals surface area contributed by atoms with E-state index < -0.39 is 0 Å². The molecule has 0 heterocycles. The molecule has 0 radical (unpaired) electrons. The summed E-state index contributed by atoms with van der Waals surface area (Å²) in [6, 6.07) is 0. The Morgan fingerprint density at radius 3 is 2.70 bits per heavy atom. The number of hydrogen-bond donors (Lipinski definition) is 0. The predicted molar refractivity (Wildman–Crippen MR) is 123 cm³/mol. The summed E-state index contributed by atoms with van der Waals surface area (Å²) in [5.41, 5.74) is 0.799. The van der Waals surface area contributed by atoms with Gasteiger partial charge in [-0.25, -0.2) is 0 Å². The van der Waals surface area contributed by atoms with E-state index in [-0.39, 0.29) is 59.7 Å². The van der Waals surface area contributed by atoms with Gasteiger partial charge in [-0.3, -0.25) is 14.4 Å². The van der Waals surface area contributed by atoms with Crippen LogP contribution in [0.3, 0.4) is 0 Å². The molecule has 0 N–H and O–H groups in total. The van der Waals surface area contributed by atoms with E-state index in [9.17, 15) is 14.4 Å². The van der Waals surface area contributed by atoms with Crippen LogP contribution in [0.1, 0.15) is 65.7 Å². The second-order valence-electron chi connectivity index (χ2n) is 10.9. The van der Waals surface area contributed by atoms with Crippen LogP contribution in [0.2, 0.25) is 0 Å². The molecule has 7 atom stereocenters. The van der Waals surface area contributed by atoms with Gasteiger partial charge in [0.1, 0.15) is 13.4 Å². The maximum atomic E-state index is 13.2. The Morgan fingerprint density at radius 1 is 1.18 bits per heavy atom. The van der Waals surface area contributed by atoms with Gasteiger partial charge in [0.25, 0.3) is 0 Å². The highest BCUT2D eigenvalue weighted by Gasteiger charge is 2.63. The standard InChI is InChI=1S/C27H38O6/c1-5-6-24(30)32-15-22(29)21-10-9-20-19-8-7-17-13-18(28)11-12-26(17,2)25(19)23(33-16-31-4)14-27(20,21)3/h11-13,19-21,23,25H,5-10,14-16H2,1-4H3/t19-,20-,21+,23-,25+,26-,27-/m0/s1. The Bertz CT molecular complexity index is 859. The molecule has 0 aliphatic heterocycles. The molecule has 3 fully saturated rings. The van der Waals surface area contributed by atoms with Crippen molar-refractivity contribution < 1.29 is 28.6 Å². The van der Waals surface area contributed by atoms with Crippen molar-refractivity contribution in [2.24, 2.45) is 34.5 Å². The molecule has 0 aromatic rings. The first-order valence-electron chi connectivity index (χ1n) is 12.5. The van der Waals surface area contributed by atoms with Crippen LogP contribution in [-0.2, 0) is 28.6 Å². The molecule has 0 aromatic heterocycles. The van der Waals surface area contributed by atoms with E-state index in [2.05, 4.69) is 19.9 Å². The Hall–Kier alpha value is -1.79. The third kappa shape index (κ3) is 4.25. The van der Waals surface area contributed by atoms with E-state index in [1.165, 1.54) is 5.57 Å². The predicted octanol–water partition coefficient (Wildman–Crippen LogP) is 4.42. The molecule has 4 aliphatic rings. The molecule has 0 unspecified atom stereocenters. The smallest absolute Gasteiger partial charge is 0.306 e. The number of carbonyl (C=O) groups excluding carboxylic acids is 3. The number of rotatable bonds is 8. The Balaban J connectivity index is 1.60. The van der Waals surface area contributed by atoms with E-state index in [1.807, 2.05) is 13.0 Å². The number of ketones is 2. The number of carbonyl (C=O) groups is 3. The highest BCUT2D eigenvalue weighted by atomic mass is 16.7. The second kappa shape index (κ2) is 9.46. The van der Waals surface area contributed by atoms with E-state index in [1.54, 1.807) is 13.2 Å². The minimum absolute atomic E-state index is 0.0409. The lowest BCUT2D eigenvalue weighted by atomic mass is 9.46. The van der Waals surface area contributed by atoms with Crippen LogP contribution < -0.4 is 0 Å². The molecule has 0 amide bonds. The Labute approximate surface area is 197 Å². The first-order valence-corrected chi connectivity index (χ1v) is 12.5. The summed E-state index contributed by atoms with van der Waals surface area (Å²) in [4.78, 5) is 37.1. The third-order valence-corrected chi connectivity index (χ3v) is 9.09. The highest BCUT2D eigenvalue weighted by molar-refractivity contribution is 6.01. The Kier molecular flexibility index (Phi) is 6.97. The molecule has 0 aromatic carbocycles. The molecule has 0 spiro atoms. The monoisotopic (exact) mass is 458 g/mol. The zero-order chi connectivity index (χ0) is 23.8. The number of hydrogen-bond acceptors (Lipinski definition) is 6. The lowest BCUT2D eigenvalue weighted by Gasteiger charge is -2.59. The summed E-state index contributed by atoms with van der Waals surface area (Å²) in [6.45, 7) is 6.50. The topological polar surface area (TPSA) is 78.9 Å². The molecule has 33 heavy (non-hydrogen) atoms. The van der Waals surface area contributed by atoms with E-state index in [0.29, 0.717) is 24.7 Å². The number of allylic oxidation sites excluding steroid dienone is 4. The van der Waals surface area contributed by atoms with Crippen LogP contribution in [-0.4, -0.2) is 44.1 Å². The molecule has 4 aliphatic carbocycles. The van der Waals surface area contributed by atoms with Gasteiger partial charge in [-0.1, -0.05) is 32.4 Å². The maximum Gasteiger partial charge on any atom is 0.306 e. The van der Waals surface area contributed by atoms with Gasteiger partial charge in [0.15, 0.2) is 11.6 Å². The van der Waals surface area contributed by atoms with Crippen LogP contribution in [0, 0.1) is 34.5 Å². The molecule has 0 bridgehead atoms.